The second kappa shape index (κ2) is 8.72. The van der Waals surface area contributed by atoms with Gasteiger partial charge in [0.05, 0.1) is 11.6 Å². The van der Waals surface area contributed by atoms with Crippen molar-refractivity contribution in [3.63, 3.8) is 0 Å². The van der Waals surface area contributed by atoms with E-state index in [0.29, 0.717) is 16.1 Å². The zero-order valence-electron chi connectivity index (χ0n) is 16.8. The first-order chi connectivity index (χ1) is 15.4. The van der Waals surface area contributed by atoms with Gasteiger partial charge < -0.3 is 20.5 Å². The quantitative estimate of drug-likeness (QED) is 0.491. The Kier molecular flexibility index (Phi) is 5.83. The van der Waals surface area contributed by atoms with Gasteiger partial charge in [-0.25, -0.2) is 4.39 Å². The number of allylic oxidation sites excluding steroid dienone is 1. The van der Waals surface area contributed by atoms with Crippen LogP contribution in [0.25, 0.3) is 0 Å². The largest absolute Gasteiger partial charge is 0.484 e. The molecule has 0 saturated heterocycles. The molecule has 1 unspecified atom stereocenters. The molecule has 1 atom stereocenters. The predicted molar refractivity (Wildman–Crippen MR) is 117 cm³/mol. The summed E-state index contributed by atoms with van der Waals surface area (Å²) in [6.45, 7) is 1.54. The number of aromatic nitrogens is 2. The smallest absolute Gasteiger partial charge is 0.262 e. The molecule has 1 amide bonds. The molecule has 8 nitrogen and oxygen atoms in total. The summed E-state index contributed by atoms with van der Waals surface area (Å²) in [7, 11) is 0. The number of H-pyrrole nitrogens is 1. The molecule has 10 heteroatoms. The van der Waals surface area contributed by atoms with Crippen LogP contribution in [0.4, 0.5) is 10.1 Å². The van der Waals surface area contributed by atoms with E-state index in [9.17, 15) is 14.4 Å². The van der Waals surface area contributed by atoms with Gasteiger partial charge in [0, 0.05) is 15.7 Å². The van der Waals surface area contributed by atoms with Crippen molar-refractivity contribution in [1.82, 2.24) is 10.2 Å². The molecule has 1 aliphatic rings. The number of nitriles is 1. The summed E-state index contributed by atoms with van der Waals surface area (Å²) in [4.78, 5) is 12.1. The van der Waals surface area contributed by atoms with Crippen molar-refractivity contribution in [1.29, 1.82) is 5.26 Å². The number of amides is 1. The Hall–Kier alpha value is -3.84. The molecule has 3 aromatic rings. The number of nitrogens with one attached hydrogen (secondary N) is 2. The lowest BCUT2D eigenvalue weighted by Crippen LogP contribution is -2.21. The van der Waals surface area contributed by atoms with E-state index in [0.717, 1.165) is 16.8 Å². The van der Waals surface area contributed by atoms with Crippen LogP contribution < -0.4 is 20.5 Å². The first-order valence-corrected chi connectivity index (χ1v) is 10.3. The minimum atomic E-state index is -0.553. The number of rotatable bonds is 5. The SMILES string of the molecule is Cc1[nH]nc2c1C(c1ccc(OCC(=O)Nc3ccc(Br)cc3F)cc1)C(C#N)=C(N)O2. The van der Waals surface area contributed by atoms with Gasteiger partial charge in [0.25, 0.3) is 5.91 Å². The van der Waals surface area contributed by atoms with Crippen molar-refractivity contribution in [2.24, 2.45) is 5.73 Å². The maximum atomic E-state index is 13.9. The van der Waals surface area contributed by atoms with Crippen LogP contribution in [0.3, 0.4) is 0 Å². The predicted octanol–water partition coefficient (Wildman–Crippen LogP) is 3.86. The van der Waals surface area contributed by atoms with Gasteiger partial charge in [-0.3, -0.25) is 9.89 Å². The highest BCUT2D eigenvalue weighted by Gasteiger charge is 2.34. The minimum Gasteiger partial charge on any atom is -0.484 e. The number of aryl methyl sites for hydroxylation is 1. The number of ether oxygens (including phenoxy) is 2. The molecule has 0 radical (unpaired) electrons. The summed E-state index contributed by atoms with van der Waals surface area (Å²) >= 11 is 3.16. The minimum absolute atomic E-state index is 0.00803. The lowest BCUT2D eigenvalue weighted by Gasteiger charge is -2.23. The molecule has 1 aliphatic heterocycles. The van der Waals surface area contributed by atoms with Gasteiger partial charge >= 0.3 is 0 Å². The fraction of sp³-hybridized carbons (Fsp3) is 0.136. The van der Waals surface area contributed by atoms with E-state index in [1.165, 1.54) is 12.1 Å². The van der Waals surface area contributed by atoms with Crippen LogP contribution in [-0.4, -0.2) is 22.7 Å². The summed E-state index contributed by atoms with van der Waals surface area (Å²) < 4.78 is 25.4. The van der Waals surface area contributed by atoms with Crippen LogP contribution in [0.2, 0.25) is 0 Å². The molecule has 4 rings (SSSR count). The molecule has 0 saturated carbocycles. The lowest BCUT2D eigenvalue weighted by atomic mass is 9.84. The van der Waals surface area contributed by atoms with E-state index >= 15 is 0 Å². The first kappa shape index (κ1) is 21.4. The molecule has 162 valence electrons. The molecule has 32 heavy (non-hydrogen) atoms. The summed E-state index contributed by atoms with van der Waals surface area (Å²) in [6, 6.07) is 13.4. The highest BCUT2D eigenvalue weighted by molar-refractivity contribution is 9.10. The second-order valence-corrected chi connectivity index (χ2v) is 7.94. The Bertz CT molecular complexity index is 1260. The monoisotopic (exact) mass is 497 g/mol. The molecule has 0 bridgehead atoms. The number of anilines is 1. The number of benzene rings is 2. The summed E-state index contributed by atoms with van der Waals surface area (Å²) in [5.74, 6) is -0.717. The van der Waals surface area contributed by atoms with Crippen molar-refractivity contribution in [2.75, 3.05) is 11.9 Å². The number of nitrogens with zero attached hydrogens (tertiary/aromatic N) is 2. The number of fused-ring (bicyclic) bond motifs is 1. The fourth-order valence-electron chi connectivity index (χ4n) is 3.41. The van der Waals surface area contributed by atoms with Gasteiger partial charge in [0.2, 0.25) is 11.8 Å². The van der Waals surface area contributed by atoms with E-state index in [4.69, 9.17) is 15.2 Å². The van der Waals surface area contributed by atoms with Crippen molar-refractivity contribution >= 4 is 27.5 Å². The van der Waals surface area contributed by atoms with Crippen molar-refractivity contribution in [2.45, 2.75) is 12.8 Å². The first-order valence-electron chi connectivity index (χ1n) is 9.47. The zero-order valence-corrected chi connectivity index (χ0v) is 18.4. The Morgan fingerprint density at radius 2 is 2.12 bits per heavy atom. The van der Waals surface area contributed by atoms with E-state index < -0.39 is 17.6 Å². The highest BCUT2D eigenvalue weighted by Crippen LogP contribution is 2.42. The number of aromatic amines is 1. The molecule has 2 aromatic carbocycles. The highest BCUT2D eigenvalue weighted by atomic mass is 79.9. The standard InChI is InChI=1S/C22H17BrFN5O3/c1-11-19-20(15(9-25)21(26)32-22(19)29-28-11)12-2-5-14(6-3-12)31-10-18(30)27-17-7-4-13(23)8-16(17)24/h2-8,20H,10,26H2,1H3,(H,27,30)(H,28,29). The Balaban J connectivity index is 1.47. The van der Waals surface area contributed by atoms with Crippen LogP contribution >= 0.6 is 15.9 Å². The number of halogens is 2. The van der Waals surface area contributed by atoms with Crippen LogP contribution in [-0.2, 0) is 4.79 Å². The van der Waals surface area contributed by atoms with Crippen LogP contribution in [0, 0.1) is 24.1 Å². The van der Waals surface area contributed by atoms with Crippen LogP contribution in [0.1, 0.15) is 22.7 Å². The Morgan fingerprint density at radius 3 is 2.81 bits per heavy atom. The third-order valence-electron chi connectivity index (χ3n) is 4.92. The van der Waals surface area contributed by atoms with Crippen molar-refractivity contribution in [3.05, 3.63) is 81.0 Å². The van der Waals surface area contributed by atoms with Crippen LogP contribution in [0.15, 0.2) is 58.4 Å². The Labute approximate surface area is 191 Å². The van der Waals surface area contributed by atoms with Crippen molar-refractivity contribution in [3.8, 4) is 17.7 Å². The average molecular weight is 498 g/mol. The summed E-state index contributed by atoms with van der Waals surface area (Å²) in [5, 5.41) is 19.0. The van der Waals surface area contributed by atoms with E-state index in [-0.39, 0.29) is 23.8 Å². The topological polar surface area (TPSA) is 126 Å². The second-order valence-electron chi connectivity index (χ2n) is 7.02. The maximum absolute atomic E-state index is 13.9. The van der Waals surface area contributed by atoms with E-state index in [1.807, 2.05) is 6.92 Å². The third kappa shape index (κ3) is 4.15. The zero-order chi connectivity index (χ0) is 22.8. The van der Waals surface area contributed by atoms with Gasteiger partial charge in [-0.1, -0.05) is 28.1 Å². The molecular formula is C22H17BrFN5O3. The molecule has 1 aromatic heterocycles. The van der Waals surface area contributed by atoms with Crippen molar-refractivity contribution < 1.29 is 18.7 Å². The summed E-state index contributed by atoms with van der Waals surface area (Å²) in [6.07, 6.45) is 0. The maximum Gasteiger partial charge on any atom is 0.262 e. The molecular weight excluding hydrogens is 481 g/mol. The lowest BCUT2D eigenvalue weighted by molar-refractivity contribution is -0.118. The van der Waals surface area contributed by atoms with E-state index in [2.05, 4.69) is 37.5 Å². The molecule has 0 aliphatic carbocycles. The third-order valence-corrected chi connectivity index (χ3v) is 5.41. The number of nitrogens with two attached hydrogens (primary N) is 1. The molecule has 4 N–H and O–H groups in total. The fourth-order valence-corrected chi connectivity index (χ4v) is 3.75. The van der Waals surface area contributed by atoms with E-state index in [1.54, 1.807) is 30.3 Å². The van der Waals surface area contributed by atoms with Gasteiger partial charge in [0.1, 0.15) is 23.2 Å². The molecule has 0 spiro atoms. The van der Waals surface area contributed by atoms with Gasteiger partial charge in [-0.2, -0.15) is 5.26 Å². The molecule has 0 fully saturated rings. The number of carbonyl (C=O) groups is 1. The van der Waals surface area contributed by atoms with Gasteiger partial charge in [-0.05, 0) is 42.8 Å². The Morgan fingerprint density at radius 1 is 1.38 bits per heavy atom. The average Bonchev–Trinajstić information content (AvgIpc) is 3.13. The van der Waals surface area contributed by atoms with Crippen LogP contribution in [0.5, 0.6) is 11.6 Å². The number of hydrogen-bond acceptors (Lipinski definition) is 6. The number of carbonyl (C=O) groups excluding carboxylic acids is 1. The van der Waals surface area contributed by atoms with Gasteiger partial charge in [-0.15, -0.1) is 5.10 Å². The summed E-state index contributed by atoms with van der Waals surface area (Å²) in [5.41, 5.74) is 8.55. The van der Waals surface area contributed by atoms with Gasteiger partial charge in [0.15, 0.2) is 6.61 Å². The molecule has 2 heterocycles. The normalized spacial score (nSPS) is 14.9. The number of hydrogen-bond donors (Lipinski definition) is 3.